The summed E-state index contributed by atoms with van der Waals surface area (Å²) in [6.45, 7) is 0.409. The average Bonchev–Trinajstić information content (AvgIpc) is 2.79. The van der Waals surface area contributed by atoms with Crippen molar-refractivity contribution < 1.29 is 13.2 Å². The molecule has 0 unspecified atom stereocenters. The first-order valence-electron chi connectivity index (χ1n) is 5.77. The SMILES string of the molecule is O=C(S)[C@@H]1CCCN1S(=O)(=O)Cc1ccccc1. The predicted octanol–water partition coefficient (Wildman–Crippen LogP) is 1.44. The van der Waals surface area contributed by atoms with E-state index < -0.39 is 16.1 Å². The van der Waals surface area contributed by atoms with Crippen LogP contribution in [0.1, 0.15) is 18.4 Å². The fraction of sp³-hybridized carbons (Fsp3) is 0.417. The van der Waals surface area contributed by atoms with E-state index in [9.17, 15) is 13.2 Å². The van der Waals surface area contributed by atoms with Gasteiger partial charge in [-0.2, -0.15) is 4.31 Å². The van der Waals surface area contributed by atoms with Crippen molar-refractivity contribution in [1.29, 1.82) is 0 Å². The van der Waals surface area contributed by atoms with Gasteiger partial charge in [-0.1, -0.05) is 30.3 Å². The predicted molar refractivity (Wildman–Crippen MR) is 72.8 cm³/mol. The van der Waals surface area contributed by atoms with Crippen LogP contribution in [0.2, 0.25) is 0 Å². The Morgan fingerprint density at radius 3 is 2.61 bits per heavy atom. The molecule has 0 N–H and O–H groups in total. The topological polar surface area (TPSA) is 54.5 Å². The second kappa shape index (κ2) is 5.42. The molecular formula is C12H15NO3S2. The highest BCUT2D eigenvalue weighted by atomic mass is 32.2. The fourth-order valence-corrected chi connectivity index (χ4v) is 4.31. The minimum atomic E-state index is -3.44. The minimum absolute atomic E-state index is 0.0641. The van der Waals surface area contributed by atoms with Crippen molar-refractivity contribution in [2.24, 2.45) is 0 Å². The number of hydrogen-bond donors (Lipinski definition) is 1. The lowest BCUT2D eigenvalue weighted by atomic mass is 10.2. The van der Waals surface area contributed by atoms with E-state index in [2.05, 4.69) is 12.6 Å². The van der Waals surface area contributed by atoms with E-state index in [-0.39, 0.29) is 10.9 Å². The minimum Gasteiger partial charge on any atom is -0.286 e. The van der Waals surface area contributed by atoms with E-state index in [1.807, 2.05) is 6.07 Å². The van der Waals surface area contributed by atoms with Crippen LogP contribution in [0.4, 0.5) is 0 Å². The molecule has 1 atom stereocenters. The average molecular weight is 285 g/mol. The van der Waals surface area contributed by atoms with Crippen molar-refractivity contribution in [2.75, 3.05) is 6.54 Å². The van der Waals surface area contributed by atoms with E-state index >= 15 is 0 Å². The van der Waals surface area contributed by atoms with E-state index in [4.69, 9.17) is 0 Å². The molecule has 4 nitrogen and oxygen atoms in total. The molecule has 18 heavy (non-hydrogen) atoms. The Morgan fingerprint density at radius 2 is 2.00 bits per heavy atom. The highest BCUT2D eigenvalue weighted by Gasteiger charge is 2.37. The summed E-state index contributed by atoms with van der Waals surface area (Å²) in [6.07, 6.45) is 1.28. The lowest BCUT2D eigenvalue weighted by Crippen LogP contribution is -2.39. The first-order valence-corrected chi connectivity index (χ1v) is 7.82. The van der Waals surface area contributed by atoms with Crippen LogP contribution in [-0.4, -0.2) is 30.4 Å². The molecule has 0 aliphatic carbocycles. The summed E-state index contributed by atoms with van der Waals surface area (Å²) in [6, 6.07) is 8.39. The van der Waals surface area contributed by atoms with Crippen LogP contribution in [-0.2, 0) is 20.6 Å². The summed E-state index contributed by atoms with van der Waals surface area (Å²) < 4.78 is 25.8. The summed E-state index contributed by atoms with van der Waals surface area (Å²) in [5.41, 5.74) is 0.731. The maximum Gasteiger partial charge on any atom is 0.218 e. The zero-order valence-corrected chi connectivity index (χ0v) is 11.5. The van der Waals surface area contributed by atoms with Crippen LogP contribution >= 0.6 is 12.6 Å². The highest BCUT2D eigenvalue weighted by Crippen LogP contribution is 2.24. The van der Waals surface area contributed by atoms with Gasteiger partial charge in [-0.05, 0) is 18.4 Å². The van der Waals surface area contributed by atoms with Crippen molar-refractivity contribution in [3.63, 3.8) is 0 Å². The molecule has 0 radical (unpaired) electrons. The second-order valence-corrected chi connectivity index (χ2v) is 6.71. The van der Waals surface area contributed by atoms with Crippen LogP contribution in [0.25, 0.3) is 0 Å². The van der Waals surface area contributed by atoms with Crippen LogP contribution < -0.4 is 0 Å². The number of sulfonamides is 1. The zero-order valence-electron chi connectivity index (χ0n) is 9.82. The third-order valence-electron chi connectivity index (χ3n) is 3.04. The van der Waals surface area contributed by atoms with Gasteiger partial charge in [0.2, 0.25) is 15.1 Å². The Bertz CT molecular complexity index is 528. The molecule has 0 saturated carbocycles. The number of carbonyl (C=O) groups is 1. The maximum absolute atomic E-state index is 12.3. The van der Waals surface area contributed by atoms with Gasteiger partial charge in [-0.25, -0.2) is 8.42 Å². The van der Waals surface area contributed by atoms with E-state index in [0.717, 1.165) is 5.56 Å². The van der Waals surface area contributed by atoms with Gasteiger partial charge >= 0.3 is 0 Å². The van der Waals surface area contributed by atoms with E-state index in [1.54, 1.807) is 24.3 Å². The second-order valence-electron chi connectivity index (χ2n) is 4.35. The normalized spacial score (nSPS) is 21.1. The summed E-state index contributed by atoms with van der Waals surface area (Å²) in [4.78, 5) is 11.3. The molecule has 98 valence electrons. The Labute approximate surface area is 112 Å². The molecule has 2 rings (SSSR count). The summed E-state index contributed by atoms with van der Waals surface area (Å²) in [5.74, 6) is -0.0641. The Kier molecular flexibility index (Phi) is 4.09. The van der Waals surface area contributed by atoms with Gasteiger partial charge in [0.1, 0.15) is 0 Å². The molecule has 6 heteroatoms. The van der Waals surface area contributed by atoms with Gasteiger partial charge in [0, 0.05) is 6.54 Å². The molecule has 1 aromatic rings. The molecule has 0 bridgehead atoms. The quantitative estimate of drug-likeness (QED) is 0.852. The van der Waals surface area contributed by atoms with Crippen molar-refractivity contribution in [3.8, 4) is 0 Å². The molecule has 1 aliphatic heterocycles. The number of hydrogen-bond acceptors (Lipinski definition) is 3. The Hall–Kier alpha value is -0.850. The standard InChI is InChI=1S/C12H15NO3S2/c14-12(17)11-7-4-8-13(11)18(15,16)9-10-5-2-1-3-6-10/h1-3,5-6,11H,4,7-9H2,(H,14,17)/t11-/m0/s1. The van der Waals surface area contributed by atoms with Gasteiger partial charge in [0.15, 0.2) is 0 Å². The molecular weight excluding hydrogens is 270 g/mol. The Morgan fingerprint density at radius 1 is 1.33 bits per heavy atom. The van der Waals surface area contributed by atoms with Crippen molar-refractivity contribution >= 4 is 27.8 Å². The van der Waals surface area contributed by atoms with Gasteiger partial charge in [-0.3, -0.25) is 4.79 Å². The zero-order chi connectivity index (χ0) is 13.2. The smallest absolute Gasteiger partial charge is 0.218 e. The van der Waals surface area contributed by atoms with Crippen LogP contribution in [0.3, 0.4) is 0 Å². The lowest BCUT2D eigenvalue weighted by Gasteiger charge is -2.21. The molecule has 1 aromatic carbocycles. The number of rotatable bonds is 4. The molecule has 1 fully saturated rings. The van der Waals surface area contributed by atoms with E-state index in [0.29, 0.717) is 19.4 Å². The third-order valence-corrected chi connectivity index (χ3v) is 5.19. The number of nitrogens with zero attached hydrogens (tertiary/aromatic N) is 1. The van der Waals surface area contributed by atoms with Gasteiger partial charge in [0.25, 0.3) is 0 Å². The third kappa shape index (κ3) is 2.93. The fourth-order valence-electron chi connectivity index (χ4n) is 2.19. The van der Waals surface area contributed by atoms with Crippen molar-refractivity contribution in [3.05, 3.63) is 35.9 Å². The van der Waals surface area contributed by atoms with Crippen molar-refractivity contribution in [1.82, 2.24) is 4.31 Å². The molecule has 1 saturated heterocycles. The first-order chi connectivity index (χ1) is 8.50. The van der Waals surface area contributed by atoms with Gasteiger partial charge in [-0.15, -0.1) is 12.6 Å². The first kappa shape index (κ1) is 13.6. The van der Waals surface area contributed by atoms with Crippen LogP contribution in [0.5, 0.6) is 0 Å². The summed E-state index contributed by atoms with van der Waals surface area (Å²) >= 11 is 3.77. The van der Waals surface area contributed by atoms with Gasteiger partial charge < -0.3 is 0 Å². The molecule has 0 aromatic heterocycles. The number of carbonyl (C=O) groups excluding carboxylic acids is 1. The van der Waals surface area contributed by atoms with E-state index in [1.165, 1.54) is 4.31 Å². The van der Waals surface area contributed by atoms with Crippen LogP contribution in [0, 0.1) is 0 Å². The van der Waals surface area contributed by atoms with Crippen molar-refractivity contribution in [2.45, 2.75) is 24.6 Å². The van der Waals surface area contributed by atoms with Crippen LogP contribution in [0.15, 0.2) is 30.3 Å². The molecule has 1 heterocycles. The molecule has 0 amide bonds. The molecule has 1 aliphatic rings. The maximum atomic E-state index is 12.3. The molecule has 0 spiro atoms. The lowest BCUT2D eigenvalue weighted by molar-refractivity contribution is -0.113. The monoisotopic (exact) mass is 285 g/mol. The van der Waals surface area contributed by atoms with Gasteiger partial charge in [0.05, 0.1) is 11.8 Å². The Balaban J connectivity index is 2.19. The summed E-state index contributed by atoms with van der Waals surface area (Å²) in [5, 5.41) is -0.371. The number of thiol groups is 1. The number of benzene rings is 1. The largest absolute Gasteiger partial charge is 0.286 e. The highest BCUT2D eigenvalue weighted by molar-refractivity contribution is 7.97. The summed E-state index contributed by atoms with van der Waals surface area (Å²) in [7, 11) is -3.44.